The normalized spacial score (nSPS) is 11.2. The number of sulfone groups is 1. The number of hydrogen-bond donors (Lipinski definition) is 0. The fraction of sp³-hybridized carbons (Fsp3) is 0.0833. The highest BCUT2D eigenvalue weighted by molar-refractivity contribution is 7.90. The number of rotatable bonds is 3. The van der Waals surface area contributed by atoms with Crippen LogP contribution in [0.5, 0.6) is 0 Å². The molecule has 0 amide bonds. The summed E-state index contributed by atoms with van der Waals surface area (Å²) in [7, 11) is -3.20. The highest BCUT2D eigenvalue weighted by Crippen LogP contribution is 2.19. The molecule has 1 heterocycles. The molecule has 0 aliphatic carbocycles. The molecule has 0 aliphatic rings. The quantitative estimate of drug-likeness (QED) is 0.780. The van der Waals surface area contributed by atoms with E-state index < -0.39 is 9.84 Å². The predicted molar refractivity (Wildman–Crippen MR) is 66.0 cm³/mol. The summed E-state index contributed by atoms with van der Waals surface area (Å²) in [6.07, 6.45) is 3.08. The van der Waals surface area contributed by atoms with Crippen molar-refractivity contribution in [3.63, 3.8) is 0 Å². The number of benzene rings is 1. The minimum absolute atomic E-state index is 0.246. The van der Waals surface area contributed by atoms with Crippen LogP contribution in [0.25, 0.3) is 11.3 Å². The van der Waals surface area contributed by atoms with Crippen LogP contribution in [0.15, 0.2) is 41.6 Å². The summed E-state index contributed by atoms with van der Waals surface area (Å²) in [4.78, 5) is 18.6. The fourth-order valence-electron chi connectivity index (χ4n) is 1.47. The van der Waals surface area contributed by atoms with Crippen LogP contribution in [-0.4, -0.2) is 30.9 Å². The summed E-state index contributed by atoms with van der Waals surface area (Å²) in [5, 5.41) is 0. The van der Waals surface area contributed by atoms with Crippen molar-refractivity contribution < 1.29 is 13.2 Å². The summed E-state index contributed by atoms with van der Waals surface area (Å²) < 4.78 is 22.6. The van der Waals surface area contributed by atoms with E-state index in [1.165, 1.54) is 18.5 Å². The zero-order chi connectivity index (χ0) is 13.2. The van der Waals surface area contributed by atoms with Crippen molar-refractivity contribution in [3.8, 4) is 11.3 Å². The number of carbonyl (C=O) groups excluding carboxylic acids is 1. The van der Waals surface area contributed by atoms with Crippen molar-refractivity contribution in [2.45, 2.75) is 4.90 Å². The number of nitrogens with zero attached hydrogens (tertiary/aromatic N) is 2. The maximum absolute atomic E-state index is 11.3. The molecule has 0 bridgehead atoms. The van der Waals surface area contributed by atoms with Gasteiger partial charge >= 0.3 is 0 Å². The summed E-state index contributed by atoms with van der Waals surface area (Å²) in [6.45, 7) is 0. The zero-order valence-corrected chi connectivity index (χ0v) is 10.4. The minimum Gasteiger partial charge on any atom is -0.296 e. The van der Waals surface area contributed by atoms with Crippen molar-refractivity contribution in [1.82, 2.24) is 9.97 Å². The van der Waals surface area contributed by atoms with Crippen LogP contribution >= 0.6 is 0 Å². The highest BCUT2D eigenvalue weighted by atomic mass is 32.2. The standard InChI is InChI=1S/C12H10N2O3S/c1-18(16,17)11-4-2-9(3-5-11)12-6-10(7-15)13-8-14-12/h2-8H,1H3. The Hall–Kier alpha value is -2.08. The molecule has 6 heteroatoms. The van der Waals surface area contributed by atoms with Crippen molar-refractivity contribution in [2.24, 2.45) is 0 Å². The Balaban J connectivity index is 2.43. The number of aldehydes is 1. The lowest BCUT2D eigenvalue weighted by Crippen LogP contribution is -1.97. The number of carbonyl (C=O) groups is 1. The van der Waals surface area contributed by atoms with Gasteiger partial charge in [-0.05, 0) is 18.2 Å². The molecule has 0 unspecified atom stereocenters. The Morgan fingerprint density at radius 2 is 1.78 bits per heavy atom. The van der Waals surface area contributed by atoms with E-state index in [2.05, 4.69) is 9.97 Å². The lowest BCUT2D eigenvalue weighted by atomic mass is 10.1. The van der Waals surface area contributed by atoms with E-state index in [-0.39, 0.29) is 10.6 Å². The molecule has 2 rings (SSSR count). The van der Waals surface area contributed by atoms with Gasteiger partial charge in [0.15, 0.2) is 16.1 Å². The second-order valence-corrected chi connectivity index (χ2v) is 5.76. The van der Waals surface area contributed by atoms with Crippen molar-refractivity contribution in [3.05, 3.63) is 42.4 Å². The first-order valence-corrected chi connectivity index (χ1v) is 6.97. The topological polar surface area (TPSA) is 77.0 Å². The fourth-order valence-corrected chi connectivity index (χ4v) is 2.10. The SMILES string of the molecule is CS(=O)(=O)c1ccc(-c2cc(C=O)ncn2)cc1. The molecule has 5 nitrogen and oxygen atoms in total. The van der Waals surface area contributed by atoms with E-state index in [0.717, 1.165) is 11.8 Å². The summed E-state index contributed by atoms with van der Waals surface area (Å²) in [5.41, 5.74) is 1.59. The van der Waals surface area contributed by atoms with Crippen LogP contribution in [0.4, 0.5) is 0 Å². The average molecular weight is 262 g/mol. The Bertz CT molecular complexity index is 679. The number of aromatic nitrogens is 2. The summed E-state index contributed by atoms with van der Waals surface area (Å²) in [6, 6.07) is 7.85. The van der Waals surface area contributed by atoms with Crippen LogP contribution in [0, 0.1) is 0 Å². The van der Waals surface area contributed by atoms with Gasteiger partial charge in [-0.2, -0.15) is 0 Å². The van der Waals surface area contributed by atoms with Crippen LogP contribution in [0.2, 0.25) is 0 Å². The van der Waals surface area contributed by atoms with Crippen molar-refractivity contribution in [1.29, 1.82) is 0 Å². The van der Waals surface area contributed by atoms with E-state index in [9.17, 15) is 13.2 Å². The molecule has 0 N–H and O–H groups in total. The molecule has 0 spiro atoms. The third-order valence-electron chi connectivity index (χ3n) is 2.39. The van der Waals surface area contributed by atoms with Crippen LogP contribution in [0.3, 0.4) is 0 Å². The van der Waals surface area contributed by atoms with E-state index in [1.807, 2.05) is 0 Å². The second-order valence-electron chi connectivity index (χ2n) is 3.74. The maximum atomic E-state index is 11.3. The molecule has 1 aromatic carbocycles. The van der Waals surface area contributed by atoms with Gasteiger partial charge in [0.1, 0.15) is 12.0 Å². The third kappa shape index (κ3) is 2.60. The minimum atomic E-state index is -3.20. The molecule has 92 valence electrons. The Morgan fingerprint density at radius 1 is 1.11 bits per heavy atom. The Labute approximate surface area is 104 Å². The van der Waals surface area contributed by atoms with E-state index in [1.54, 1.807) is 18.2 Å². The molecule has 0 radical (unpaired) electrons. The van der Waals surface area contributed by atoms with Gasteiger partial charge in [0.25, 0.3) is 0 Å². The molecule has 0 fully saturated rings. The van der Waals surface area contributed by atoms with Crippen molar-refractivity contribution in [2.75, 3.05) is 6.26 Å². The third-order valence-corrected chi connectivity index (χ3v) is 3.52. The van der Waals surface area contributed by atoms with Gasteiger partial charge in [0.2, 0.25) is 0 Å². The molecule has 1 aromatic heterocycles. The highest BCUT2D eigenvalue weighted by Gasteiger charge is 2.07. The smallest absolute Gasteiger partial charge is 0.175 e. The van der Waals surface area contributed by atoms with Gasteiger partial charge in [-0.3, -0.25) is 4.79 Å². The first kappa shape index (κ1) is 12.4. The van der Waals surface area contributed by atoms with Crippen molar-refractivity contribution >= 4 is 16.1 Å². The molecule has 0 atom stereocenters. The first-order chi connectivity index (χ1) is 8.50. The maximum Gasteiger partial charge on any atom is 0.175 e. The molecular weight excluding hydrogens is 252 g/mol. The second kappa shape index (κ2) is 4.66. The Morgan fingerprint density at radius 3 is 2.33 bits per heavy atom. The first-order valence-electron chi connectivity index (χ1n) is 5.08. The monoisotopic (exact) mass is 262 g/mol. The Kier molecular flexibility index (Phi) is 3.20. The zero-order valence-electron chi connectivity index (χ0n) is 9.57. The summed E-state index contributed by atoms with van der Waals surface area (Å²) >= 11 is 0. The molecule has 0 saturated heterocycles. The van der Waals surface area contributed by atoms with Gasteiger partial charge in [0, 0.05) is 11.8 Å². The average Bonchev–Trinajstić information content (AvgIpc) is 2.38. The largest absolute Gasteiger partial charge is 0.296 e. The molecule has 2 aromatic rings. The predicted octanol–water partition coefficient (Wildman–Crippen LogP) is 1.36. The van der Waals surface area contributed by atoms with E-state index >= 15 is 0 Å². The lowest BCUT2D eigenvalue weighted by molar-refractivity contribution is 0.111. The molecule has 0 saturated carbocycles. The summed E-state index contributed by atoms with van der Waals surface area (Å²) in [5.74, 6) is 0. The van der Waals surface area contributed by atoms with Gasteiger partial charge < -0.3 is 0 Å². The van der Waals surface area contributed by atoms with Gasteiger partial charge in [-0.15, -0.1) is 0 Å². The molecular formula is C12H10N2O3S. The van der Waals surface area contributed by atoms with Crippen LogP contribution < -0.4 is 0 Å². The van der Waals surface area contributed by atoms with E-state index in [4.69, 9.17) is 0 Å². The van der Waals surface area contributed by atoms with Gasteiger partial charge in [0.05, 0.1) is 10.6 Å². The van der Waals surface area contributed by atoms with Gasteiger partial charge in [-0.25, -0.2) is 18.4 Å². The van der Waals surface area contributed by atoms with Crippen LogP contribution in [0.1, 0.15) is 10.5 Å². The molecule has 0 aliphatic heterocycles. The molecule has 18 heavy (non-hydrogen) atoms. The lowest BCUT2D eigenvalue weighted by Gasteiger charge is -2.02. The van der Waals surface area contributed by atoms with Gasteiger partial charge in [-0.1, -0.05) is 12.1 Å². The number of hydrogen-bond acceptors (Lipinski definition) is 5. The van der Waals surface area contributed by atoms with E-state index in [0.29, 0.717) is 12.0 Å². The van der Waals surface area contributed by atoms with Crippen LogP contribution in [-0.2, 0) is 9.84 Å².